The molecule has 0 atom stereocenters. The Morgan fingerprint density at radius 3 is 2.11 bits per heavy atom. The minimum absolute atomic E-state index is 0. The Hall–Kier alpha value is -0.741. The van der Waals surface area contributed by atoms with Gasteiger partial charge in [-0.25, -0.2) is 8.42 Å². The average molecular weight is 333 g/mol. The fraction of sp³-hybridized carbons (Fsp3) is 0.167. The SMILES string of the molecule is CN(C)c1cccc2c(S(=O)(=O)Cl)cccc12.[Cu]. The molecule has 0 bridgehead atoms. The van der Waals surface area contributed by atoms with Crippen LogP contribution in [-0.4, -0.2) is 22.5 Å². The smallest absolute Gasteiger partial charge is 0.261 e. The third-order valence-electron chi connectivity index (χ3n) is 2.60. The number of rotatable bonds is 2. The van der Waals surface area contributed by atoms with E-state index >= 15 is 0 Å². The van der Waals surface area contributed by atoms with E-state index in [4.69, 9.17) is 10.7 Å². The van der Waals surface area contributed by atoms with Crippen LogP contribution >= 0.6 is 10.7 Å². The third-order valence-corrected chi connectivity index (χ3v) is 3.98. The normalized spacial score (nSPS) is 11.1. The molecule has 0 unspecified atom stereocenters. The molecule has 101 valence electrons. The Morgan fingerprint density at radius 1 is 1.00 bits per heavy atom. The molecule has 6 heteroatoms. The largest absolute Gasteiger partial charge is 0.377 e. The fourth-order valence-corrected chi connectivity index (χ4v) is 2.95. The van der Waals surface area contributed by atoms with Crippen molar-refractivity contribution in [3.05, 3.63) is 36.4 Å². The summed E-state index contributed by atoms with van der Waals surface area (Å²) in [5, 5.41) is 1.52. The summed E-state index contributed by atoms with van der Waals surface area (Å²) in [7, 11) is 5.54. The van der Waals surface area contributed by atoms with Crippen LogP contribution < -0.4 is 4.90 Å². The van der Waals surface area contributed by atoms with E-state index < -0.39 is 9.05 Å². The zero-order chi connectivity index (χ0) is 12.6. The van der Waals surface area contributed by atoms with E-state index in [1.54, 1.807) is 12.1 Å². The molecule has 0 amide bonds. The van der Waals surface area contributed by atoms with Crippen molar-refractivity contribution in [2.45, 2.75) is 4.90 Å². The Balaban J connectivity index is 0.00000162. The van der Waals surface area contributed by atoms with Crippen molar-refractivity contribution in [2.24, 2.45) is 0 Å². The number of hydrogen-bond acceptors (Lipinski definition) is 3. The second-order valence-electron chi connectivity index (χ2n) is 3.96. The molecular weight excluding hydrogens is 321 g/mol. The fourth-order valence-electron chi connectivity index (χ4n) is 1.87. The minimum atomic E-state index is -3.72. The molecule has 0 spiro atoms. The van der Waals surface area contributed by atoms with Gasteiger partial charge in [-0.05, 0) is 12.1 Å². The van der Waals surface area contributed by atoms with E-state index in [0.717, 1.165) is 11.1 Å². The van der Waals surface area contributed by atoms with Crippen LogP contribution in [0.1, 0.15) is 0 Å². The summed E-state index contributed by atoms with van der Waals surface area (Å²) in [6.07, 6.45) is 0. The maximum Gasteiger partial charge on any atom is 0.261 e. The van der Waals surface area contributed by atoms with Gasteiger partial charge in [-0.2, -0.15) is 0 Å². The van der Waals surface area contributed by atoms with Crippen LogP contribution in [0.2, 0.25) is 0 Å². The summed E-state index contributed by atoms with van der Waals surface area (Å²) in [5.74, 6) is 0. The number of nitrogens with zero attached hydrogens (tertiary/aromatic N) is 1. The van der Waals surface area contributed by atoms with Gasteiger partial charge in [0.25, 0.3) is 9.05 Å². The van der Waals surface area contributed by atoms with Crippen molar-refractivity contribution < 1.29 is 25.5 Å². The van der Waals surface area contributed by atoms with Gasteiger partial charge in [0.05, 0.1) is 4.90 Å². The molecule has 0 aliphatic heterocycles. The van der Waals surface area contributed by atoms with Crippen LogP contribution in [0.15, 0.2) is 41.3 Å². The van der Waals surface area contributed by atoms with Gasteiger partial charge in [0.15, 0.2) is 0 Å². The van der Waals surface area contributed by atoms with Crippen molar-refractivity contribution >= 4 is 36.2 Å². The Labute approximate surface area is 122 Å². The van der Waals surface area contributed by atoms with Gasteiger partial charge >= 0.3 is 0 Å². The molecule has 0 aliphatic carbocycles. The van der Waals surface area contributed by atoms with Crippen molar-refractivity contribution in [1.82, 2.24) is 0 Å². The Morgan fingerprint density at radius 2 is 1.56 bits per heavy atom. The van der Waals surface area contributed by atoms with Gasteiger partial charge in [0, 0.05) is 58.3 Å². The quantitative estimate of drug-likeness (QED) is 0.626. The van der Waals surface area contributed by atoms with Gasteiger partial charge in [-0.15, -0.1) is 0 Å². The molecule has 18 heavy (non-hydrogen) atoms. The average Bonchev–Trinajstić information content (AvgIpc) is 2.26. The standard InChI is InChI=1S/C12H12ClNO2S.Cu/c1-14(2)11-7-3-6-10-9(11)5-4-8-12(10)17(13,15)16;/h3-8H,1-2H3;. The predicted molar refractivity (Wildman–Crippen MR) is 71.3 cm³/mol. The number of fused-ring (bicyclic) bond motifs is 1. The van der Waals surface area contributed by atoms with Crippen molar-refractivity contribution in [2.75, 3.05) is 19.0 Å². The molecule has 2 aromatic rings. The number of halogens is 1. The number of benzene rings is 2. The number of hydrogen-bond donors (Lipinski definition) is 0. The van der Waals surface area contributed by atoms with Gasteiger partial charge in [-0.3, -0.25) is 0 Å². The van der Waals surface area contributed by atoms with Gasteiger partial charge in [-0.1, -0.05) is 24.3 Å². The molecule has 0 aromatic heterocycles. The van der Waals surface area contributed by atoms with Crippen LogP contribution in [0.25, 0.3) is 10.8 Å². The summed E-state index contributed by atoms with van der Waals surface area (Å²) >= 11 is 0. The third kappa shape index (κ3) is 2.80. The Bertz CT molecular complexity index is 671. The molecule has 0 N–H and O–H groups in total. The van der Waals surface area contributed by atoms with E-state index in [-0.39, 0.29) is 22.0 Å². The first-order valence-corrected chi connectivity index (χ1v) is 7.36. The number of anilines is 1. The molecule has 0 fully saturated rings. The van der Waals surface area contributed by atoms with E-state index in [1.165, 1.54) is 6.07 Å². The maximum atomic E-state index is 11.5. The van der Waals surface area contributed by atoms with E-state index in [0.29, 0.717) is 5.39 Å². The first kappa shape index (κ1) is 15.3. The first-order valence-electron chi connectivity index (χ1n) is 5.05. The zero-order valence-corrected chi connectivity index (χ0v) is 12.3. The van der Waals surface area contributed by atoms with Gasteiger partial charge < -0.3 is 4.90 Å². The van der Waals surface area contributed by atoms with Crippen molar-refractivity contribution in [1.29, 1.82) is 0 Å². The van der Waals surface area contributed by atoms with E-state index in [9.17, 15) is 8.42 Å². The summed E-state index contributed by atoms with van der Waals surface area (Å²) < 4.78 is 23.0. The molecule has 0 aliphatic rings. The second-order valence-corrected chi connectivity index (χ2v) is 6.50. The zero-order valence-electron chi connectivity index (χ0n) is 9.82. The van der Waals surface area contributed by atoms with E-state index in [1.807, 2.05) is 37.2 Å². The topological polar surface area (TPSA) is 37.4 Å². The molecule has 0 saturated carbocycles. The van der Waals surface area contributed by atoms with Gasteiger partial charge in [0.2, 0.25) is 0 Å². The first-order chi connectivity index (χ1) is 7.91. The summed E-state index contributed by atoms with van der Waals surface area (Å²) in [6, 6.07) is 10.6. The molecule has 0 heterocycles. The molecule has 2 aromatic carbocycles. The van der Waals surface area contributed by atoms with Crippen LogP contribution in [0.5, 0.6) is 0 Å². The van der Waals surface area contributed by atoms with Crippen molar-refractivity contribution in [3.8, 4) is 0 Å². The molecule has 2 rings (SSSR count). The summed E-state index contributed by atoms with van der Waals surface area (Å²) in [4.78, 5) is 2.09. The second kappa shape index (κ2) is 5.49. The minimum Gasteiger partial charge on any atom is -0.377 e. The van der Waals surface area contributed by atoms with Crippen LogP contribution in [0, 0.1) is 0 Å². The molecule has 0 saturated heterocycles. The monoisotopic (exact) mass is 332 g/mol. The Kier molecular flexibility index (Phi) is 4.67. The summed E-state index contributed by atoms with van der Waals surface area (Å²) in [6.45, 7) is 0. The molecule has 3 nitrogen and oxygen atoms in total. The van der Waals surface area contributed by atoms with Crippen LogP contribution in [0.3, 0.4) is 0 Å². The predicted octanol–water partition coefficient (Wildman–Crippen LogP) is 2.83. The van der Waals surface area contributed by atoms with Crippen molar-refractivity contribution in [3.63, 3.8) is 0 Å². The van der Waals surface area contributed by atoms with Crippen LogP contribution in [-0.2, 0) is 26.1 Å². The van der Waals surface area contributed by atoms with E-state index in [2.05, 4.69) is 0 Å². The summed E-state index contributed by atoms with van der Waals surface area (Å²) in [5.41, 5.74) is 0.963. The molecule has 1 radical (unpaired) electrons. The molecular formula is C12H12ClCuNO2S. The van der Waals surface area contributed by atoms with Gasteiger partial charge in [0.1, 0.15) is 0 Å². The van der Waals surface area contributed by atoms with Crippen LogP contribution in [0.4, 0.5) is 5.69 Å². The maximum absolute atomic E-state index is 11.5.